The van der Waals surface area contributed by atoms with Gasteiger partial charge in [0.15, 0.2) is 5.43 Å². The summed E-state index contributed by atoms with van der Waals surface area (Å²) in [5.74, 6) is -0.582. The minimum absolute atomic E-state index is 0.0713. The summed E-state index contributed by atoms with van der Waals surface area (Å²) in [6.07, 6.45) is 1.34. The summed E-state index contributed by atoms with van der Waals surface area (Å²) < 4.78 is 10.9. The van der Waals surface area contributed by atoms with E-state index in [2.05, 4.69) is 0 Å². The van der Waals surface area contributed by atoms with Gasteiger partial charge in [-0.15, -0.1) is 0 Å². The third-order valence-corrected chi connectivity index (χ3v) is 4.67. The lowest BCUT2D eigenvalue weighted by Crippen LogP contribution is -2.12. The summed E-state index contributed by atoms with van der Waals surface area (Å²) >= 11 is 5.89. The van der Waals surface area contributed by atoms with Gasteiger partial charge in [0.05, 0.1) is 22.2 Å². The van der Waals surface area contributed by atoms with Gasteiger partial charge in [0.25, 0.3) is 0 Å². The van der Waals surface area contributed by atoms with E-state index in [4.69, 9.17) is 26.0 Å². The van der Waals surface area contributed by atoms with Crippen molar-refractivity contribution in [3.05, 3.63) is 99.0 Å². The quantitative estimate of drug-likeness (QED) is 0.279. The summed E-state index contributed by atoms with van der Waals surface area (Å²) in [5.41, 5.74) is 1.03. The molecule has 0 bridgehead atoms. The number of nitrogens with zero attached hydrogens (tertiary/aromatic N) is 1. The molecule has 30 heavy (non-hydrogen) atoms. The highest BCUT2D eigenvalue weighted by atomic mass is 35.5. The Labute approximate surface area is 174 Å². The maximum Gasteiger partial charge on any atom is 0.343 e. The molecule has 0 amide bonds. The molecule has 0 aliphatic rings. The monoisotopic (exact) mass is 422 g/mol. The van der Waals surface area contributed by atoms with Gasteiger partial charge in [-0.2, -0.15) is 0 Å². The van der Waals surface area contributed by atoms with Crippen LogP contribution < -0.4 is 15.4 Å². The van der Waals surface area contributed by atoms with Crippen molar-refractivity contribution in [1.29, 1.82) is 0 Å². The van der Waals surface area contributed by atoms with Gasteiger partial charge in [0.2, 0.25) is 0 Å². The first-order chi connectivity index (χ1) is 14.4. The number of ether oxygens (including phenoxy) is 1. The number of halogens is 1. The lowest BCUT2D eigenvalue weighted by atomic mass is 10.1. The topological polar surface area (TPSA) is 103 Å². The van der Waals surface area contributed by atoms with E-state index in [1.165, 1.54) is 48.7 Å². The number of hydrogen-bond donors (Lipinski definition) is 1. The lowest BCUT2D eigenvalue weighted by Gasteiger charge is -2.21. The Bertz CT molecular complexity index is 1300. The standard InChI is InChI=1S/C22H13ClNO6/c23-15-6-4-13(5-7-15)19-12-29-20-11-17(8-9-18(20)21(19)25)30-22(26)14-2-1-3-16(10-14)24(27)28/h1-12,27H/q-1. The molecule has 0 saturated heterocycles. The maximum absolute atomic E-state index is 12.8. The van der Waals surface area contributed by atoms with Crippen LogP contribution in [-0.2, 0) is 0 Å². The Morgan fingerprint density at radius 2 is 1.83 bits per heavy atom. The zero-order valence-corrected chi connectivity index (χ0v) is 16.0. The predicted molar refractivity (Wildman–Crippen MR) is 112 cm³/mol. The third kappa shape index (κ3) is 3.90. The molecular formula is C22H13ClNO6-. The fourth-order valence-corrected chi connectivity index (χ4v) is 3.04. The second-order valence-electron chi connectivity index (χ2n) is 6.36. The molecule has 4 rings (SSSR count). The van der Waals surface area contributed by atoms with E-state index in [9.17, 15) is 14.8 Å². The highest BCUT2D eigenvalue weighted by molar-refractivity contribution is 6.30. The van der Waals surface area contributed by atoms with E-state index in [0.717, 1.165) is 0 Å². The average molecular weight is 423 g/mol. The van der Waals surface area contributed by atoms with E-state index in [1.807, 2.05) is 0 Å². The van der Waals surface area contributed by atoms with Gasteiger partial charge < -0.3 is 19.6 Å². The first-order valence-corrected chi connectivity index (χ1v) is 9.10. The molecule has 0 spiro atoms. The van der Waals surface area contributed by atoms with E-state index in [1.54, 1.807) is 24.3 Å². The van der Waals surface area contributed by atoms with Crippen LogP contribution in [0.3, 0.4) is 0 Å². The predicted octanol–water partition coefficient (Wildman–Crippen LogP) is 5.03. The summed E-state index contributed by atoms with van der Waals surface area (Å²) in [4.78, 5) is 25.1. The first-order valence-electron chi connectivity index (χ1n) is 8.72. The molecule has 4 aromatic rings. The fraction of sp³-hybridized carbons (Fsp3) is 0. The molecule has 0 atom stereocenters. The maximum atomic E-state index is 12.8. The van der Waals surface area contributed by atoms with Crippen molar-refractivity contribution in [1.82, 2.24) is 0 Å². The molecule has 7 nitrogen and oxygen atoms in total. The van der Waals surface area contributed by atoms with Crippen LogP contribution in [0.15, 0.2) is 82.2 Å². The molecule has 150 valence electrons. The Morgan fingerprint density at radius 1 is 1.07 bits per heavy atom. The van der Waals surface area contributed by atoms with Crippen LogP contribution in [0.25, 0.3) is 22.1 Å². The normalized spacial score (nSPS) is 10.8. The molecule has 0 aliphatic heterocycles. The molecule has 0 unspecified atom stereocenters. The molecule has 0 radical (unpaired) electrons. The van der Waals surface area contributed by atoms with Crippen LogP contribution in [0.2, 0.25) is 5.02 Å². The van der Waals surface area contributed by atoms with Crippen LogP contribution in [0.1, 0.15) is 10.4 Å². The van der Waals surface area contributed by atoms with Gasteiger partial charge in [-0.25, -0.2) is 4.79 Å². The Kier molecular flexibility index (Phi) is 5.24. The van der Waals surface area contributed by atoms with Crippen LogP contribution >= 0.6 is 11.6 Å². The molecule has 8 heteroatoms. The molecular weight excluding hydrogens is 410 g/mol. The lowest BCUT2D eigenvalue weighted by molar-refractivity contribution is 0.0735. The Morgan fingerprint density at radius 3 is 2.57 bits per heavy atom. The molecule has 0 saturated carbocycles. The van der Waals surface area contributed by atoms with Crippen molar-refractivity contribution in [2.75, 3.05) is 5.23 Å². The molecule has 1 N–H and O–H groups in total. The zero-order valence-electron chi connectivity index (χ0n) is 15.2. The summed E-state index contributed by atoms with van der Waals surface area (Å²) in [6.45, 7) is 0. The van der Waals surface area contributed by atoms with Crippen LogP contribution in [0.5, 0.6) is 5.75 Å². The van der Waals surface area contributed by atoms with Gasteiger partial charge in [-0.05, 0) is 48.0 Å². The van der Waals surface area contributed by atoms with E-state index >= 15 is 0 Å². The number of anilines is 1. The van der Waals surface area contributed by atoms with Gasteiger partial charge >= 0.3 is 5.97 Å². The van der Waals surface area contributed by atoms with Crippen molar-refractivity contribution < 1.29 is 19.2 Å². The van der Waals surface area contributed by atoms with Gasteiger partial charge in [-0.3, -0.25) is 10.0 Å². The number of fused-ring (bicyclic) bond motifs is 1. The number of rotatable bonds is 4. The van der Waals surface area contributed by atoms with Crippen molar-refractivity contribution in [3.63, 3.8) is 0 Å². The Hall–Kier alpha value is -3.65. The van der Waals surface area contributed by atoms with E-state index in [-0.39, 0.29) is 33.2 Å². The molecule has 0 fully saturated rings. The molecule has 1 heterocycles. The highest BCUT2D eigenvalue weighted by Gasteiger charge is 2.13. The number of hydrogen-bond acceptors (Lipinski definition) is 7. The fourth-order valence-electron chi connectivity index (χ4n) is 2.92. The second-order valence-corrected chi connectivity index (χ2v) is 6.79. The van der Waals surface area contributed by atoms with Crippen LogP contribution in [-0.4, -0.2) is 11.2 Å². The Balaban J connectivity index is 1.63. The number of benzene rings is 3. The first kappa shape index (κ1) is 19.7. The highest BCUT2D eigenvalue weighted by Crippen LogP contribution is 2.25. The minimum Gasteiger partial charge on any atom is -0.733 e. The average Bonchev–Trinajstić information content (AvgIpc) is 2.75. The SMILES string of the molecule is O=C(Oc1ccc2c(=O)c(-c3ccc(Cl)cc3)coc2c1)c1cccc(N([O-])O)c1. The molecule has 3 aromatic carbocycles. The number of carbonyl (C=O) groups excluding carboxylic acids is 1. The summed E-state index contributed by atoms with van der Waals surface area (Å²) in [7, 11) is 0. The van der Waals surface area contributed by atoms with Gasteiger partial charge in [0.1, 0.15) is 17.6 Å². The number of carbonyl (C=O) groups is 1. The van der Waals surface area contributed by atoms with Crippen molar-refractivity contribution >= 4 is 34.2 Å². The van der Waals surface area contributed by atoms with E-state index < -0.39 is 5.97 Å². The van der Waals surface area contributed by atoms with Gasteiger partial charge in [0, 0.05) is 11.1 Å². The smallest absolute Gasteiger partial charge is 0.343 e. The molecule has 0 aliphatic carbocycles. The van der Waals surface area contributed by atoms with Gasteiger partial charge in [-0.1, -0.05) is 29.8 Å². The van der Waals surface area contributed by atoms with Crippen LogP contribution in [0.4, 0.5) is 5.69 Å². The van der Waals surface area contributed by atoms with E-state index in [0.29, 0.717) is 21.5 Å². The van der Waals surface area contributed by atoms with Crippen molar-refractivity contribution in [2.24, 2.45) is 0 Å². The third-order valence-electron chi connectivity index (χ3n) is 4.41. The summed E-state index contributed by atoms with van der Waals surface area (Å²) in [5, 5.41) is 20.5. The summed E-state index contributed by atoms with van der Waals surface area (Å²) in [6, 6.07) is 16.6. The minimum atomic E-state index is -0.738. The van der Waals surface area contributed by atoms with Crippen molar-refractivity contribution in [2.45, 2.75) is 0 Å². The number of esters is 1. The van der Waals surface area contributed by atoms with Crippen LogP contribution in [0, 0.1) is 5.21 Å². The molecule has 1 aromatic heterocycles. The second kappa shape index (κ2) is 8.00. The largest absolute Gasteiger partial charge is 0.733 e. The van der Waals surface area contributed by atoms with Crippen molar-refractivity contribution in [3.8, 4) is 16.9 Å². The zero-order chi connectivity index (χ0) is 21.3.